The van der Waals surface area contributed by atoms with Crippen molar-refractivity contribution >= 4 is 11.9 Å². The van der Waals surface area contributed by atoms with Crippen molar-refractivity contribution in [3.63, 3.8) is 0 Å². The first-order valence-electron chi connectivity index (χ1n) is 4.05. The van der Waals surface area contributed by atoms with Gasteiger partial charge in [0.05, 0.1) is 13.1 Å². The molecule has 0 rings (SSSR count). The van der Waals surface area contributed by atoms with Gasteiger partial charge < -0.3 is 14.9 Å². The van der Waals surface area contributed by atoms with Gasteiger partial charge in [-0.3, -0.25) is 9.59 Å². The van der Waals surface area contributed by atoms with Crippen molar-refractivity contribution in [2.75, 3.05) is 33.7 Å². The molecule has 0 radical (unpaired) electrons. The molecule has 0 saturated carbocycles. The SMILES string of the molecule is C#CCN(CC(=O)O)C(=O)CN(C)C. The van der Waals surface area contributed by atoms with Crippen molar-refractivity contribution < 1.29 is 14.7 Å². The predicted molar refractivity (Wildman–Crippen MR) is 51.6 cm³/mol. The van der Waals surface area contributed by atoms with Gasteiger partial charge in [0.1, 0.15) is 6.54 Å². The summed E-state index contributed by atoms with van der Waals surface area (Å²) in [7, 11) is 3.46. The average Bonchev–Trinajstić information content (AvgIpc) is 2.01. The number of rotatable bonds is 5. The molecule has 1 amide bonds. The van der Waals surface area contributed by atoms with Crippen molar-refractivity contribution in [1.29, 1.82) is 0 Å². The van der Waals surface area contributed by atoms with Gasteiger partial charge in [-0.1, -0.05) is 5.92 Å². The molecule has 5 heteroatoms. The number of hydrogen-bond acceptors (Lipinski definition) is 3. The molecule has 0 spiro atoms. The van der Waals surface area contributed by atoms with Crippen LogP contribution in [0.15, 0.2) is 0 Å². The van der Waals surface area contributed by atoms with Gasteiger partial charge in [-0.2, -0.15) is 0 Å². The largest absolute Gasteiger partial charge is 0.480 e. The van der Waals surface area contributed by atoms with E-state index in [1.54, 1.807) is 19.0 Å². The normalized spacial score (nSPS) is 9.57. The summed E-state index contributed by atoms with van der Waals surface area (Å²) in [6, 6.07) is 0. The fourth-order valence-electron chi connectivity index (χ4n) is 0.876. The highest BCUT2D eigenvalue weighted by atomic mass is 16.4. The van der Waals surface area contributed by atoms with E-state index < -0.39 is 5.97 Å². The summed E-state index contributed by atoms with van der Waals surface area (Å²) in [6.07, 6.45) is 5.02. The number of amides is 1. The summed E-state index contributed by atoms with van der Waals surface area (Å²) < 4.78 is 0. The Bertz CT molecular complexity index is 255. The smallest absolute Gasteiger partial charge is 0.323 e. The van der Waals surface area contributed by atoms with Gasteiger partial charge >= 0.3 is 5.97 Å². The van der Waals surface area contributed by atoms with Crippen LogP contribution in [0.25, 0.3) is 0 Å². The summed E-state index contributed by atoms with van der Waals surface area (Å²) in [5, 5.41) is 8.52. The van der Waals surface area contributed by atoms with Crippen molar-refractivity contribution in [3.8, 4) is 12.3 Å². The zero-order chi connectivity index (χ0) is 11.1. The Morgan fingerprint density at radius 3 is 2.29 bits per heavy atom. The minimum Gasteiger partial charge on any atom is -0.480 e. The lowest BCUT2D eigenvalue weighted by atomic mass is 10.4. The summed E-state index contributed by atoms with van der Waals surface area (Å²) in [4.78, 5) is 24.6. The molecule has 0 aliphatic heterocycles. The average molecular weight is 198 g/mol. The van der Waals surface area contributed by atoms with E-state index in [0.717, 1.165) is 4.90 Å². The topological polar surface area (TPSA) is 60.9 Å². The monoisotopic (exact) mass is 198 g/mol. The van der Waals surface area contributed by atoms with E-state index >= 15 is 0 Å². The number of carboxylic acid groups (broad SMARTS) is 1. The summed E-state index contributed by atoms with van der Waals surface area (Å²) in [5.74, 6) is 0.906. The molecule has 0 aromatic heterocycles. The predicted octanol–water partition coefficient (Wildman–Crippen LogP) is -0.906. The number of aliphatic carboxylic acids is 1. The highest BCUT2D eigenvalue weighted by Gasteiger charge is 2.15. The van der Waals surface area contributed by atoms with Gasteiger partial charge in [-0.25, -0.2) is 0 Å². The van der Waals surface area contributed by atoms with E-state index in [0.29, 0.717) is 0 Å². The fraction of sp³-hybridized carbons (Fsp3) is 0.556. The summed E-state index contributed by atoms with van der Waals surface area (Å²) in [5.41, 5.74) is 0. The lowest BCUT2D eigenvalue weighted by molar-refractivity contribution is -0.144. The molecular weight excluding hydrogens is 184 g/mol. The number of likely N-dealkylation sites (N-methyl/N-ethyl adjacent to an activating group) is 1. The molecule has 0 atom stereocenters. The van der Waals surface area contributed by atoms with Gasteiger partial charge in [0, 0.05) is 0 Å². The maximum Gasteiger partial charge on any atom is 0.323 e. The molecule has 0 bridgehead atoms. The van der Waals surface area contributed by atoms with Crippen molar-refractivity contribution in [3.05, 3.63) is 0 Å². The number of terminal acetylenes is 1. The van der Waals surface area contributed by atoms with Crippen molar-refractivity contribution in [2.24, 2.45) is 0 Å². The van der Waals surface area contributed by atoms with Crippen LogP contribution in [0.2, 0.25) is 0 Å². The third-order valence-electron chi connectivity index (χ3n) is 1.41. The highest BCUT2D eigenvalue weighted by molar-refractivity contribution is 5.82. The molecule has 0 saturated heterocycles. The molecule has 78 valence electrons. The zero-order valence-corrected chi connectivity index (χ0v) is 8.36. The third-order valence-corrected chi connectivity index (χ3v) is 1.41. The Hall–Kier alpha value is -1.54. The van der Waals surface area contributed by atoms with Crippen LogP contribution >= 0.6 is 0 Å². The summed E-state index contributed by atoms with van der Waals surface area (Å²) >= 11 is 0. The van der Waals surface area contributed by atoms with E-state index in [4.69, 9.17) is 11.5 Å². The maximum atomic E-state index is 11.4. The first kappa shape index (κ1) is 12.5. The van der Waals surface area contributed by atoms with Crippen LogP contribution in [0.5, 0.6) is 0 Å². The Kier molecular flexibility index (Phi) is 5.34. The molecule has 5 nitrogen and oxygen atoms in total. The molecule has 0 aliphatic rings. The first-order valence-corrected chi connectivity index (χ1v) is 4.05. The Morgan fingerprint density at radius 1 is 1.36 bits per heavy atom. The van der Waals surface area contributed by atoms with Gasteiger partial charge in [-0.05, 0) is 14.1 Å². The highest BCUT2D eigenvalue weighted by Crippen LogP contribution is 1.91. The van der Waals surface area contributed by atoms with Gasteiger partial charge in [0.2, 0.25) is 5.91 Å². The van der Waals surface area contributed by atoms with Gasteiger partial charge in [-0.15, -0.1) is 6.42 Å². The van der Waals surface area contributed by atoms with E-state index in [1.807, 2.05) is 0 Å². The molecule has 0 unspecified atom stereocenters. The molecule has 0 fully saturated rings. The molecule has 0 aromatic carbocycles. The van der Waals surface area contributed by atoms with Crippen LogP contribution in [-0.2, 0) is 9.59 Å². The lowest BCUT2D eigenvalue weighted by Gasteiger charge is -2.19. The minimum atomic E-state index is -1.06. The summed E-state index contributed by atoms with van der Waals surface area (Å²) in [6.45, 7) is -0.162. The Balaban J connectivity index is 4.26. The van der Waals surface area contributed by atoms with Crippen LogP contribution in [-0.4, -0.2) is 60.5 Å². The molecular formula is C9H14N2O3. The number of carbonyl (C=O) groups is 2. The minimum absolute atomic E-state index is 0.0268. The van der Waals surface area contributed by atoms with Crippen LogP contribution in [0.4, 0.5) is 0 Å². The standard InChI is InChI=1S/C9H14N2O3/c1-4-5-11(7-9(13)14)8(12)6-10(2)3/h1H,5-7H2,2-3H3,(H,13,14). The second-order valence-corrected chi connectivity index (χ2v) is 3.09. The van der Waals surface area contributed by atoms with E-state index in [9.17, 15) is 9.59 Å². The molecule has 0 aliphatic carbocycles. The maximum absolute atomic E-state index is 11.4. The Morgan fingerprint density at radius 2 is 1.93 bits per heavy atom. The van der Waals surface area contributed by atoms with E-state index in [2.05, 4.69) is 5.92 Å². The van der Waals surface area contributed by atoms with Crippen molar-refractivity contribution in [2.45, 2.75) is 0 Å². The zero-order valence-electron chi connectivity index (χ0n) is 8.36. The molecule has 0 heterocycles. The Labute approximate surface area is 83.3 Å². The number of carboxylic acids is 1. The van der Waals surface area contributed by atoms with Crippen LogP contribution < -0.4 is 0 Å². The number of hydrogen-bond donors (Lipinski definition) is 1. The molecule has 14 heavy (non-hydrogen) atoms. The second-order valence-electron chi connectivity index (χ2n) is 3.09. The van der Waals surface area contributed by atoms with Gasteiger partial charge in [0.25, 0.3) is 0 Å². The second kappa shape index (κ2) is 6.00. The third kappa shape index (κ3) is 5.17. The molecule has 1 N–H and O–H groups in total. The van der Waals surface area contributed by atoms with E-state index in [1.165, 1.54) is 0 Å². The number of carbonyl (C=O) groups excluding carboxylic acids is 1. The lowest BCUT2D eigenvalue weighted by Crippen LogP contribution is -2.41. The fourth-order valence-corrected chi connectivity index (χ4v) is 0.876. The van der Waals surface area contributed by atoms with Crippen LogP contribution in [0.1, 0.15) is 0 Å². The molecule has 0 aromatic rings. The first-order chi connectivity index (χ1) is 6.47. The quantitative estimate of drug-likeness (QED) is 0.581. The van der Waals surface area contributed by atoms with Crippen molar-refractivity contribution in [1.82, 2.24) is 9.80 Å². The van der Waals surface area contributed by atoms with Gasteiger partial charge in [0.15, 0.2) is 0 Å². The van der Waals surface area contributed by atoms with Crippen LogP contribution in [0, 0.1) is 12.3 Å². The number of nitrogens with zero attached hydrogens (tertiary/aromatic N) is 2. The van der Waals surface area contributed by atoms with Crippen LogP contribution in [0.3, 0.4) is 0 Å². The van der Waals surface area contributed by atoms with E-state index in [-0.39, 0.29) is 25.5 Å².